The fraction of sp³-hybridized carbons (Fsp3) is 0.343. The molecule has 0 spiro atoms. The lowest BCUT2D eigenvalue weighted by atomic mass is 10.0. The number of aliphatic hydroxyl groups excluding tert-OH is 1. The van der Waals surface area contributed by atoms with Crippen LogP contribution < -0.4 is 15.0 Å². The Hall–Kier alpha value is -4.68. The highest BCUT2D eigenvalue weighted by molar-refractivity contribution is 7.22. The van der Waals surface area contributed by atoms with Crippen molar-refractivity contribution in [1.82, 2.24) is 25.1 Å². The molecule has 0 radical (unpaired) electrons. The minimum Gasteiger partial charge on any atom is -0.491 e. The van der Waals surface area contributed by atoms with Gasteiger partial charge in [0.25, 0.3) is 0 Å². The number of carbonyl (C=O) groups is 1. The number of hydrogen-bond donors (Lipinski definition) is 3. The summed E-state index contributed by atoms with van der Waals surface area (Å²) in [5, 5.41) is 32.6. The van der Waals surface area contributed by atoms with Gasteiger partial charge < -0.3 is 25.2 Å². The van der Waals surface area contributed by atoms with Crippen molar-refractivity contribution in [2.24, 2.45) is 0 Å². The van der Waals surface area contributed by atoms with Crippen molar-refractivity contribution < 1.29 is 24.1 Å². The summed E-state index contributed by atoms with van der Waals surface area (Å²) >= 11 is 2.87. The summed E-state index contributed by atoms with van der Waals surface area (Å²) in [4.78, 5) is 25.9. The first kappa shape index (κ1) is 34.2. The number of thiazole rings is 2. The van der Waals surface area contributed by atoms with Gasteiger partial charge in [0, 0.05) is 41.3 Å². The van der Waals surface area contributed by atoms with Gasteiger partial charge >= 0.3 is 5.97 Å². The molecule has 2 aromatic carbocycles. The number of para-hydroxylation sites is 1. The molecule has 11 nitrogen and oxygen atoms in total. The molecule has 0 saturated heterocycles. The van der Waals surface area contributed by atoms with E-state index >= 15 is 0 Å². The Morgan fingerprint density at radius 3 is 2.82 bits per heavy atom. The number of anilines is 4. The number of aromatic nitrogens is 4. The van der Waals surface area contributed by atoms with E-state index in [2.05, 4.69) is 37.3 Å². The van der Waals surface area contributed by atoms with E-state index in [9.17, 15) is 14.3 Å². The number of aryl methyl sites for hydroxylation is 1. The number of hydrogen-bond acceptors (Lipinski definition) is 12. The number of aromatic carboxylic acids is 1. The monoisotopic (exact) mass is 701 g/mol. The van der Waals surface area contributed by atoms with Crippen molar-refractivity contribution in [3.8, 4) is 17.6 Å². The Labute approximate surface area is 291 Å². The Morgan fingerprint density at radius 2 is 2.02 bits per heavy atom. The number of halogens is 1. The summed E-state index contributed by atoms with van der Waals surface area (Å²) < 4.78 is 21.5. The predicted octanol–water partition coefficient (Wildman–Crippen LogP) is 6.19. The number of fused-ring (bicyclic) bond motifs is 2. The average molecular weight is 702 g/mol. The van der Waals surface area contributed by atoms with E-state index in [1.165, 1.54) is 17.4 Å². The standard InChI is InChI=1S/C35H36FN7O4S2/c1-22-24-10-6-18-43(32(24)41-40-31(22)39-34-37-26-11-3-4-12-28(26)48-34)35-38-30(33(45)46)29(49-35)13-7-20-47-27-15-14-23(21-25(27)36)9-5-16-42(2)17-8-19-44/h3-4,11-12,14-15,21,44H,6-8,10,13,16-20H2,1-2H3,(H,45,46)(H,37,39,40). The van der Waals surface area contributed by atoms with Crippen molar-refractivity contribution in [3.05, 3.63) is 75.5 Å². The van der Waals surface area contributed by atoms with Crippen LogP contribution in [0.3, 0.4) is 0 Å². The minimum absolute atomic E-state index is 0.00189. The zero-order chi connectivity index (χ0) is 34.3. The van der Waals surface area contributed by atoms with E-state index in [1.807, 2.05) is 48.0 Å². The number of carboxylic acids is 1. The Morgan fingerprint density at radius 1 is 1.16 bits per heavy atom. The number of carboxylic acid groups (broad SMARTS) is 1. The highest BCUT2D eigenvalue weighted by atomic mass is 32.1. The third-order valence-electron chi connectivity index (χ3n) is 8.04. The van der Waals surface area contributed by atoms with Gasteiger partial charge in [-0.3, -0.25) is 4.90 Å². The molecule has 0 aliphatic carbocycles. The van der Waals surface area contributed by atoms with Crippen molar-refractivity contribution in [2.45, 2.75) is 39.0 Å². The van der Waals surface area contributed by atoms with E-state index in [4.69, 9.17) is 9.84 Å². The number of nitrogens with zero attached hydrogens (tertiary/aromatic N) is 6. The first-order chi connectivity index (χ1) is 23.8. The van der Waals surface area contributed by atoms with Crippen molar-refractivity contribution in [1.29, 1.82) is 0 Å². The zero-order valence-electron chi connectivity index (χ0n) is 27.2. The van der Waals surface area contributed by atoms with Gasteiger partial charge in [-0.25, -0.2) is 19.2 Å². The Balaban J connectivity index is 1.09. The largest absolute Gasteiger partial charge is 0.491 e. The molecule has 0 bridgehead atoms. The van der Waals surface area contributed by atoms with Gasteiger partial charge in [0.2, 0.25) is 0 Å². The van der Waals surface area contributed by atoms with E-state index in [0.29, 0.717) is 59.6 Å². The van der Waals surface area contributed by atoms with Gasteiger partial charge in [0.1, 0.15) is 0 Å². The highest BCUT2D eigenvalue weighted by Crippen LogP contribution is 2.39. The molecule has 1 aliphatic heterocycles. The fourth-order valence-corrected chi connectivity index (χ4v) is 7.50. The lowest BCUT2D eigenvalue weighted by Gasteiger charge is -2.28. The van der Waals surface area contributed by atoms with Crippen LogP contribution >= 0.6 is 22.7 Å². The van der Waals surface area contributed by atoms with E-state index in [1.54, 1.807) is 23.5 Å². The maximum absolute atomic E-state index is 14.7. The molecule has 0 amide bonds. The molecule has 254 valence electrons. The van der Waals surface area contributed by atoms with Gasteiger partial charge in [-0.15, -0.1) is 21.5 Å². The first-order valence-electron chi connectivity index (χ1n) is 16.0. The maximum atomic E-state index is 14.7. The van der Waals surface area contributed by atoms with Crippen LogP contribution in [-0.4, -0.2) is 81.1 Å². The fourth-order valence-electron chi connectivity index (χ4n) is 5.51. The quantitative estimate of drug-likeness (QED) is 0.0957. The molecule has 4 heterocycles. The number of ether oxygens (including phenoxy) is 1. The molecule has 6 rings (SSSR count). The minimum atomic E-state index is -1.10. The van der Waals surface area contributed by atoms with E-state index in [-0.39, 0.29) is 24.7 Å². The van der Waals surface area contributed by atoms with Crippen molar-refractivity contribution in [2.75, 3.05) is 50.1 Å². The topological polar surface area (TPSA) is 137 Å². The van der Waals surface area contributed by atoms with Gasteiger partial charge in [-0.05, 0) is 76.4 Å². The third kappa shape index (κ3) is 8.14. The van der Waals surface area contributed by atoms with Crippen LogP contribution in [0.1, 0.15) is 51.3 Å². The maximum Gasteiger partial charge on any atom is 0.355 e. The molecule has 3 aromatic heterocycles. The average Bonchev–Trinajstić information content (AvgIpc) is 3.72. The van der Waals surface area contributed by atoms with Gasteiger partial charge in [-0.2, -0.15) is 0 Å². The molecule has 0 unspecified atom stereocenters. The molecule has 49 heavy (non-hydrogen) atoms. The molecule has 14 heteroatoms. The highest BCUT2D eigenvalue weighted by Gasteiger charge is 2.28. The number of benzene rings is 2. The molecule has 1 aliphatic rings. The summed E-state index contributed by atoms with van der Waals surface area (Å²) in [6.07, 6.45) is 3.22. The lowest BCUT2D eigenvalue weighted by molar-refractivity contribution is 0.0690. The van der Waals surface area contributed by atoms with Crippen LogP contribution in [0.15, 0.2) is 42.5 Å². The number of aliphatic hydroxyl groups is 1. The van der Waals surface area contributed by atoms with Crippen LogP contribution in [0.5, 0.6) is 5.75 Å². The van der Waals surface area contributed by atoms with Gasteiger partial charge in [0.15, 0.2) is 39.2 Å². The second-order valence-electron chi connectivity index (χ2n) is 11.6. The van der Waals surface area contributed by atoms with E-state index in [0.717, 1.165) is 45.9 Å². The summed E-state index contributed by atoms with van der Waals surface area (Å²) in [6.45, 7) is 4.22. The predicted molar refractivity (Wildman–Crippen MR) is 190 cm³/mol. The Bertz CT molecular complexity index is 1990. The van der Waals surface area contributed by atoms with Crippen LogP contribution in [-0.2, 0) is 12.8 Å². The molecule has 3 N–H and O–H groups in total. The molecule has 0 saturated carbocycles. The summed E-state index contributed by atoms with van der Waals surface area (Å²) in [6, 6.07) is 12.6. The van der Waals surface area contributed by atoms with Crippen molar-refractivity contribution in [3.63, 3.8) is 0 Å². The van der Waals surface area contributed by atoms with Crippen LogP contribution in [0.4, 0.5) is 26.3 Å². The molecule has 5 aromatic rings. The molecule has 0 fully saturated rings. The summed E-state index contributed by atoms with van der Waals surface area (Å²) in [7, 11) is 1.91. The van der Waals surface area contributed by atoms with Gasteiger partial charge in [-0.1, -0.05) is 35.3 Å². The normalized spacial score (nSPS) is 12.6. The Kier molecular flexibility index (Phi) is 10.9. The zero-order valence-corrected chi connectivity index (χ0v) is 28.8. The van der Waals surface area contributed by atoms with Gasteiger partial charge in [0.05, 0.1) is 23.4 Å². The number of nitrogens with one attached hydrogen (secondary N) is 1. The molecular formula is C35H36FN7O4S2. The molecule has 0 atom stereocenters. The first-order valence-corrected chi connectivity index (χ1v) is 17.6. The van der Waals surface area contributed by atoms with Crippen molar-refractivity contribution >= 4 is 60.8 Å². The lowest BCUT2D eigenvalue weighted by Crippen LogP contribution is -2.27. The van der Waals surface area contributed by atoms with Crippen LogP contribution in [0.25, 0.3) is 10.2 Å². The van der Waals surface area contributed by atoms with Crippen LogP contribution in [0.2, 0.25) is 0 Å². The number of rotatable bonds is 13. The van der Waals surface area contributed by atoms with Crippen LogP contribution in [0, 0.1) is 24.6 Å². The SMILES string of the molecule is Cc1c(Nc2nc3ccccc3s2)nnc2c1CCCN2c1nc(C(=O)O)c(CCCOc2ccc(C#CCN(C)CCCO)cc2F)s1. The smallest absolute Gasteiger partial charge is 0.355 e. The second-order valence-corrected chi connectivity index (χ2v) is 13.7. The third-order valence-corrected chi connectivity index (χ3v) is 10.1. The second kappa shape index (κ2) is 15.7. The summed E-state index contributed by atoms with van der Waals surface area (Å²) in [5.74, 6) is 5.79. The summed E-state index contributed by atoms with van der Waals surface area (Å²) in [5.41, 5.74) is 3.47. The molecular weight excluding hydrogens is 666 g/mol. The van der Waals surface area contributed by atoms with E-state index < -0.39 is 11.8 Å².